The number of amides is 1. The summed E-state index contributed by atoms with van der Waals surface area (Å²) in [5.74, 6) is 0.114. The maximum Gasteiger partial charge on any atom is 0.244 e. The molecule has 1 amide bonds. The van der Waals surface area contributed by atoms with E-state index in [1.807, 2.05) is 43.9 Å². The van der Waals surface area contributed by atoms with Crippen molar-refractivity contribution in [2.45, 2.75) is 26.8 Å². The van der Waals surface area contributed by atoms with Crippen molar-refractivity contribution in [1.29, 1.82) is 0 Å². The fraction of sp³-hybridized carbons (Fsp3) is 0.462. The highest BCUT2D eigenvalue weighted by atomic mass is 79.9. The average molecular weight is 378 g/mol. The Morgan fingerprint density at radius 2 is 1.78 bits per heavy atom. The molecule has 0 aliphatic heterocycles. The van der Waals surface area contributed by atoms with Crippen LogP contribution in [-0.4, -0.2) is 29.9 Å². The summed E-state index contributed by atoms with van der Waals surface area (Å²) in [6.07, 6.45) is 0. The van der Waals surface area contributed by atoms with E-state index in [1.165, 1.54) is 0 Å². The third kappa shape index (κ3) is 3.72. The van der Waals surface area contributed by atoms with Crippen LogP contribution in [0.15, 0.2) is 27.1 Å². The molecule has 3 nitrogen and oxygen atoms in total. The van der Waals surface area contributed by atoms with Gasteiger partial charge in [-0.15, -0.1) is 0 Å². The molecule has 0 saturated heterocycles. The maximum absolute atomic E-state index is 12.2. The van der Waals surface area contributed by atoms with E-state index in [2.05, 4.69) is 37.2 Å². The predicted molar refractivity (Wildman–Crippen MR) is 82.9 cm³/mol. The lowest BCUT2D eigenvalue weighted by Gasteiger charge is -2.24. The van der Waals surface area contributed by atoms with Crippen molar-refractivity contribution in [2.75, 3.05) is 18.4 Å². The van der Waals surface area contributed by atoms with Crippen LogP contribution < -0.4 is 5.32 Å². The lowest BCUT2D eigenvalue weighted by Crippen LogP contribution is -2.41. The van der Waals surface area contributed by atoms with Crippen LogP contribution in [0.1, 0.15) is 20.8 Å². The third-order valence-electron chi connectivity index (χ3n) is 2.77. The largest absolute Gasteiger partial charge is 0.372 e. The van der Waals surface area contributed by atoms with Gasteiger partial charge in [0.25, 0.3) is 0 Å². The molecule has 1 rings (SSSR count). The quantitative estimate of drug-likeness (QED) is 0.844. The molecule has 0 fully saturated rings. The molecule has 0 aliphatic carbocycles. The zero-order valence-electron chi connectivity index (χ0n) is 10.8. The molecule has 0 radical (unpaired) electrons. The summed E-state index contributed by atoms with van der Waals surface area (Å²) in [6, 6.07) is 5.58. The Kier molecular flexibility index (Phi) is 6.15. The Hall–Kier alpha value is -0.550. The molecule has 1 atom stereocenters. The van der Waals surface area contributed by atoms with Crippen LogP contribution in [0.5, 0.6) is 0 Å². The minimum absolute atomic E-state index is 0.114. The van der Waals surface area contributed by atoms with Crippen LogP contribution >= 0.6 is 31.9 Å². The molecule has 18 heavy (non-hydrogen) atoms. The predicted octanol–water partition coefficient (Wildman–Crippen LogP) is 3.88. The highest BCUT2D eigenvalue weighted by Crippen LogP contribution is 2.31. The normalized spacial score (nSPS) is 12.1. The zero-order chi connectivity index (χ0) is 13.7. The highest BCUT2D eigenvalue weighted by Gasteiger charge is 2.19. The number of halogens is 2. The molecule has 0 spiro atoms. The summed E-state index contributed by atoms with van der Waals surface area (Å²) in [5, 5.41) is 3.24. The number of rotatable bonds is 5. The number of hydrogen-bond donors (Lipinski definition) is 1. The molecule has 5 heteroatoms. The van der Waals surface area contributed by atoms with Crippen LogP contribution in [0.2, 0.25) is 0 Å². The van der Waals surface area contributed by atoms with Gasteiger partial charge in [-0.1, -0.05) is 6.07 Å². The number of benzene rings is 1. The van der Waals surface area contributed by atoms with Gasteiger partial charge in [-0.05, 0) is 64.8 Å². The fourth-order valence-electron chi connectivity index (χ4n) is 1.72. The minimum atomic E-state index is -0.250. The van der Waals surface area contributed by atoms with Crippen LogP contribution in [-0.2, 0) is 4.79 Å². The monoisotopic (exact) mass is 376 g/mol. The molecule has 0 heterocycles. The van der Waals surface area contributed by atoms with Crippen LogP contribution in [0.4, 0.5) is 5.69 Å². The second-order valence-corrected chi connectivity index (χ2v) is 5.68. The molecular formula is C13H18Br2N2O. The Morgan fingerprint density at radius 1 is 1.28 bits per heavy atom. The van der Waals surface area contributed by atoms with Crippen LogP contribution in [0, 0.1) is 0 Å². The van der Waals surface area contributed by atoms with Gasteiger partial charge in [0.05, 0.1) is 5.69 Å². The lowest BCUT2D eigenvalue weighted by molar-refractivity contribution is -0.131. The first-order valence-electron chi connectivity index (χ1n) is 6.00. The molecule has 1 N–H and O–H groups in total. The van der Waals surface area contributed by atoms with Crippen molar-refractivity contribution < 1.29 is 4.79 Å². The molecule has 0 saturated carbocycles. The van der Waals surface area contributed by atoms with E-state index in [9.17, 15) is 4.79 Å². The summed E-state index contributed by atoms with van der Waals surface area (Å²) in [7, 11) is 0. The van der Waals surface area contributed by atoms with Crippen LogP contribution in [0.3, 0.4) is 0 Å². The van der Waals surface area contributed by atoms with Crippen molar-refractivity contribution in [3.63, 3.8) is 0 Å². The van der Waals surface area contributed by atoms with Crippen molar-refractivity contribution in [1.82, 2.24) is 4.90 Å². The fourth-order valence-corrected chi connectivity index (χ4v) is 2.95. The third-order valence-corrected chi connectivity index (χ3v) is 4.09. The van der Waals surface area contributed by atoms with Crippen molar-refractivity contribution in [3.05, 3.63) is 27.1 Å². The smallest absolute Gasteiger partial charge is 0.244 e. The number of anilines is 1. The zero-order valence-corrected chi connectivity index (χ0v) is 14.0. The van der Waals surface area contributed by atoms with Gasteiger partial charge in [0.15, 0.2) is 0 Å². The Labute approximate surface area is 125 Å². The van der Waals surface area contributed by atoms with E-state index in [4.69, 9.17) is 0 Å². The van der Waals surface area contributed by atoms with Gasteiger partial charge in [0, 0.05) is 22.0 Å². The molecule has 100 valence electrons. The van der Waals surface area contributed by atoms with Gasteiger partial charge >= 0.3 is 0 Å². The number of nitrogens with one attached hydrogen (secondary N) is 1. The number of hydrogen-bond acceptors (Lipinski definition) is 2. The summed E-state index contributed by atoms with van der Waals surface area (Å²) in [4.78, 5) is 14.0. The van der Waals surface area contributed by atoms with Crippen LogP contribution in [0.25, 0.3) is 0 Å². The molecule has 0 bridgehead atoms. The average Bonchev–Trinajstić information content (AvgIpc) is 2.35. The summed E-state index contributed by atoms with van der Waals surface area (Å²) >= 11 is 6.96. The Balaban J connectivity index is 2.81. The van der Waals surface area contributed by atoms with Crippen molar-refractivity contribution in [2.24, 2.45) is 0 Å². The van der Waals surface area contributed by atoms with Gasteiger partial charge in [0.2, 0.25) is 5.91 Å². The standard InChI is InChI=1S/C13H18Br2N2O/c1-4-17(5-2)13(18)9(3)16-12-10(14)7-6-8-11(12)15/h6-9,16H,4-5H2,1-3H3. The summed E-state index contributed by atoms with van der Waals surface area (Å²) in [6.45, 7) is 7.33. The first-order valence-corrected chi connectivity index (χ1v) is 7.59. The van der Waals surface area contributed by atoms with Gasteiger partial charge in [-0.2, -0.15) is 0 Å². The topological polar surface area (TPSA) is 32.3 Å². The summed E-state index contributed by atoms with van der Waals surface area (Å²) < 4.78 is 1.88. The van der Waals surface area contributed by atoms with Gasteiger partial charge in [0.1, 0.15) is 6.04 Å². The Bertz CT molecular complexity index is 399. The molecular weight excluding hydrogens is 360 g/mol. The van der Waals surface area contributed by atoms with E-state index in [0.717, 1.165) is 27.7 Å². The lowest BCUT2D eigenvalue weighted by atomic mass is 10.2. The van der Waals surface area contributed by atoms with E-state index in [0.29, 0.717) is 0 Å². The van der Waals surface area contributed by atoms with Crippen molar-refractivity contribution >= 4 is 43.5 Å². The van der Waals surface area contributed by atoms with Gasteiger partial charge in [-0.3, -0.25) is 4.79 Å². The summed E-state index contributed by atoms with van der Waals surface area (Å²) in [5.41, 5.74) is 0.908. The molecule has 1 aromatic carbocycles. The molecule has 0 aliphatic rings. The van der Waals surface area contributed by atoms with Crippen molar-refractivity contribution in [3.8, 4) is 0 Å². The van der Waals surface area contributed by atoms with E-state index in [1.54, 1.807) is 0 Å². The first kappa shape index (κ1) is 15.5. The molecule has 1 aromatic rings. The number of para-hydroxylation sites is 1. The number of carbonyl (C=O) groups excluding carboxylic acids is 1. The first-order chi connectivity index (χ1) is 8.51. The van der Waals surface area contributed by atoms with Gasteiger partial charge < -0.3 is 10.2 Å². The van der Waals surface area contributed by atoms with Gasteiger partial charge in [-0.25, -0.2) is 0 Å². The molecule has 0 aromatic heterocycles. The minimum Gasteiger partial charge on any atom is -0.372 e. The maximum atomic E-state index is 12.2. The van der Waals surface area contributed by atoms with E-state index < -0.39 is 0 Å². The number of carbonyl (C=O) groups is 1. The second kappa shape index (κ2) is 7.14. The Morgan fingerprint density at radius 3 is 2.22 bits per heavy atom. The SMILES string of the molecule is CCN(CC)C(=O)C(C)Nc1c(Br)cccc1Br. The van der Waals surface area contributed by atoms with E-state index in [-0.39, 0.29) is 11.9 Å². The second-order valence-electron chi connectivity index (χ2n) is 3.97. The van der Waals surface area contributed by atoms with E-state index >= 15 is 0 Å². The number of likely N-dealkylation sites (N-methyl/N-ethyl adjacent to an activating group) is 1. The molecule has 1 unspecified atom stereocenters. The number of nitrogens with zero attached hydrogens (tertiary/aromatic N) is 1. The highest BCUT2D eigenvalue weighted by molar-refractivity contribution is 9.11.